The van der Waals surface area contributed by atoms with E-state index in [0.717, 1.165) is 10.9 Å². The molecular weight excluding hydrogens is 318 g/mol. The van der Waals surface area contributed by atoms with E-state index in [1.807, 2.05) is 0 Å². The molecule has 0 amide bonds. The summed E-state index contributed by atoms with van der Waals surface area (Å²) in [4.78, 5) is 12.5. The molecule has 1 aromatic carbocycles. The maximum atomic E-state index is 12.5. The van der Waals surface area contributed by atoms with Gasteiger partial charge in [0.2, 0.25) is 0 Å². The molecule has 5 nitrogen and oxygen atoms in total. The van der Waals surface area contributed by atoms with Gasteiger partial charge in [-0.3, -0.25) is 0 Å². The molecule has 2 fully saturated rings. The Morgan fingerprint density at radius 2 is 1.72 bits per heavy atom. The summed E-state index contributed by atoms with van der Waals surface area (Å²) in [6.07, 6.45) is 6.26. The summed E-state index contributed by atoms with van der Waals surface area (Å²) in [5.41, 5.74) is 0.480. The highest BCUT2D eigenvalue weighted by atomic mass is 16.5. The maximum Gasteiger partial charge on any atom is 0.338 e. The number of carbonyl (C=O) groups excluding carboxylic acids is 1. The molecule has 0 saturated carbocycles. The van der Waals surface area contributed by atoms with Crippen molar-refractivity contribution in [2.45, 2.75) is 38.1 Å². The quantitative estimate of drug-likeness (QED) is 0.605. The Morgan fingerprint density at radius 3 is 2.40 bits per heavy atom. The number of rotatable bonds is 5. The molecule has 138 valence electrons. The van der Waals surface area contributed by atoms with Gasteiger partial charge in [0.1, 0.15) is 18.1 Å². The Labute approximate surface area is 150 Å². The highest BCUT2D eigenvalue weighted by molar-refractivity contribution is 5.90. The van der Waals surface area contributed by atoms with Crippen LogP contribution in [0.3, 0.4) is 0 Å². The van der Waals surface area contributed by atoms with Crippen LogP contribution in [0.2, 0.25) is 0 Å². The number of fused-ring (bicyclic) bond motifs is 1. The normalized spacial score (nSPS) is 28.8. The van der Waals surface area contributed by atoms with Crippen LogP contribution >= 0.6 is 0 Å². The molecule has 25 heavy (non-hydrogen) atoms. The van der Waals surface area contributed by atoms with Crippen LogP contribution < -0.4 is 9.47 Å². The molecule has 0 aromatic heterocycles. The van der Waals surface area contributed by atoms with E-state index in [2.05, 4.69) is 7.05 Å². The second kappa shape index (κ2) is 7.65. The largest absolute Gasteiger partial charge is 0.497 e. The molecule has 0 bridgehead atoms. The van der Waals surface area contributed by atoms with Gasteiger partial charge >= 0.3 is 5.97 Å². The van der Waals surface area contributed by atoms with E-state index in [4.69, 9.17) is 14.2 Å². The number of carbonyl (C=O) groups is 1. The number of esters is 1. The first-order chi connectivity index (χ1) is 12.1. The van der Waals surface area contributed by atoms with Crippen LogP contribution in [0.5, 0.6) is 11.5 Å². The van der Waals surface area contributed by atoms with Gasteiger partial charge in [-0.05, 0) is 37.8 Å². The second-order valence-electron chi connectivity index (χ2n) is 7.59. The lowest BCUT2D eigenvalue weighted by atomic mass is 9.82. The fourth-order valence-electron chi connectivity index (χ4n) is 4.62. The zero-order chi connectivity index (χ0) is 17.9. The summed E-state index contributed by atoms with van der Waals surface area (Å²) in [6.45, 7) is 3.04. The molecular formula is C20H30NO4+. The number of quaternary nitrogens is 1. The van der Waals surface area contributed by atoms with Crippen molar-refractivity contribution >= 4 is 5.97 Å². The number of methoxy groups -OCH3 is 2. The summed E-state index contributed by atoms with van der Waals surface area (Å²) in [6, 6.07) is 5.79. The Kier molecular flexibility index (Phi) is 5.52. The Bertz CT molecular complexity index is 591. The van der Waals surface area contributed by atoms with Crippen molar-refractivity contribution in [2.24, 2.45) is 5.92 Å². The lowest BCUT2D eigenvalue weighted by Crippen LogP contribution is -2.61. The Hall–Kier alpha value is -1.75. The van der Waals surface area contributed by atoms with E-state index < -0.39 is 0 Å². The molecule has 3 rings (SSSR count). The van der Waals surface area contributed by atoms with Crippen LogP contribution in [-0.4, -0.2) is 57.5 Å². The van der Waals surface area contributed by atoms with Crippen molar-refractivity contribution < 1.29 is 23.5 Å². The second-order valence-corrected chi connectivity index (χ2v) is 7.59. The number of hydrogen-bond acceptors (Lipinski definition) is 4. The highest BCUT2D eigenvalue weighted by Crippen LogP contribution is 2.36. The molecule has 3 atom stereocenters. The van der Waals surface area contributed by atoms with E-state index in [-0.39, 0.29) is 5.97 Å². The SMILES string of the molecule is COc1cc(OC)cc(C(=O)OC[C@@H]2CCC[N+]3(C)CCCC[C@H]23)c1. The minimum Gasteiger partial charge on any atom is -0.497 e. The molecule has 2 heterocycles. The number of ether oxygens (including phenoxy) is 3. The van der Waals surface area contributed by atoms with Gasteiger partial charge in [0, 0.05) is 18.4 Å². The number of piperidine rings is 2. The van der Waals surface area contributed by atoms with Crippen molar-refractivity contribution in [1.29, 1.82) is 0 Å². The van der Waals surface area contributed by atoms with Crippen molar-refractivity contribution in [3.63, 3.8) is 0 Å². The molecule has 1 aromatic rings. The Balaban J connectivity index is 1.65. The number of nitrogens with zero attached hydrogens (tertiary/aromatic N) is 1. The van der Waals surface area contributed by atoms with E-state index in [1.165, 1.54) is 38.8 Å². The lowest BCUT2D eigenvalue weighted by molar-refractivity contribution is -0.947. The van der Waals surface area contributed by atoms with Crippen LogP contribution in [0.15, 0.2) is 18.2 Å². The molecule has 2 saturated heterocycles. The van der Waals surface area contributed by atoms with Gasteiger partial charge in [-0.2, -0.15) is 0 Å². The van der Waals surface area contributed by atoms with E-state index in [0.29, 0.717) is 35.6 Å². The summed E-state index contributed by atoms with van der Waals surface area (Å²) >= 11 is 0. The zero-order valence-electron chi connectivity index (χ0n) is 15.6. The first-order valence-electron chi connectivity index (χ1n) is 9.30. The predicted molar refractivity (Wildman–Crippen MR) is 96.1 cm³/mol. The van der Waals surface area contributed by atoms with Gasteiger partial charge in [0.15, 0.2) is 0 Å². The molecule has 0 aliphatic carbocycles. The summed E-state index contributed by atoms with van der Waals surface area (Å²) in [5.74, 6) is 1.37. The van der Waals surface area contributed by atoms with Gasteiger partial charge < -0.3 is 18.7 Å². The fraction of sp³-hybridized carbons (Fsp3) is 0.650. The smallest absolute Gasteiger partial charge is 0.338 e. The molecule has 0 N–H and O–H groups in total. The first-order valence-corrected chi connectivity index (χ1v) is 9.30. The molecule has 0 spiro atoms. The average molecular weight is 348 g/mol. The minimum atomic E-state index is -0.298. The first kappa shape index (κ1) is 18.1. The van der Waals surface area contributed by atoms with E-state index >= 15 is 0 Å². The molecule has 0 radical (unpaired) electrons. The number of hydrogen-bond donors (Lipinski definition) is 0. The summed E-state index contributed by atoms with van der Waals surface area (Å²) < 4.78 is 17.3. The van der Waals surface area contributed by atoms with Gasteiger partial charge in [0.05, 0.1) is 46.0 Å². The number of benzene rings is 1. The summed E-state index contributed by atoms with van der Waals surface area (Å²) in [7, 11) is 5.53. The molecule has 2 aliphatic rings. The lowest BCUT2D eigenvalue weighted by Gasteiger charge is -2.51. The molecule has 5 heteroatoms. The monoisotopic (exact) mass is 348 g/mol. The third-order valence-electron chi connectivity index (χ3n) is 6.02. The Morgan fingerprint density at radius 1 is 1.04 bits per heavy atom. The molecule has 2 aliphatic heterocycles. The van der Waals surface area contributed by atoms with Crippen molar-refractivity contribution in [3.05, 3.63) is 23.8 Å². The van der Waals surface area contributed by atoms with Gasteiger partial charge in [-0.1, -0.05) is 0 Å². The third-order valence-corrected chi connectivity index (χ3v) is 6.02. The van der Waals surface area contributed by atoms with Crippen LogP contribution in [0, 0.1) is 5.92 Å². The summed E-state index contributed by atoms with van der Waals surface area (Å²) in [5, 5.41) is 0. The third kappa shape index (κ3) is 3.92. The standard InChI is InChI=1S/C20H30NO4/c1-21-9-5-4-8-19(21)15(7-6-10-21)14-25-20(22)16-11-17(23-2)13-18(12-16)24-3/h11-13,15,19H,4-10,14H2,1-3H3/q+1/t15-,19+,21?/m0/s1. The van der Waals surface area contributed by atoms with Gasteiger partial charge in [-0.15, -0.1) is 0 Å². The maximum absolute atomic E-state index is 12.5. The predicted octanol–water partition coefficient (Wildman–Crippen LogP) is 3.27. The van der Waals surface area contributed by atoms with Crippen molar-refractivity contribution in [2.75, 3.05) is 41.0 Å². The average Bonchev–Trinajstić information content (AvgIpc) is 2.64. The molecule has 1 unspecified atom stereocenters. The minimum absolute atomic E-state index is 0.298. The zero-order valence-corrected chi connectivity index (χ0v) is 15.6. The van der Waals surface area contributed by atoms with Crippen LogP contribution in [0.1, 0.15) is 42.5 Å². The fourth-order valence-corrected chi connectivity index (χ4v) is 4.62. The van der Waals surface area contributed by atoms with E-state index in [1.54, 1.807) is 32.4 Å². The topological polar surface area (TPSA) is 44.8 Å². The van der Waals surface area contributed by atoms with E-state index in [9.17, 15) is 4.79 Å². The van der Waals surface area contributed by atoms with Crippen molar-refractivity contribution in [3.8, 4) is 11.5 Å². The van der Waals surface area contributed by atoms with Crippen LogP contribution in [-0.2, 0) is 4.74 Å². The van der Waals surface area contributed by atoms with Crippen LogP contribution in [0.25, 0.3) is 0 Å². The highest BCUT2D eigenvalue weighted by Gasteiger charge is 2.43. The van der Waals surface area contributed by atoms with Crippen LogP contribution in [0.4, 0.5) is 0 Å². The van der Waals surface area contributed by atoms with Crippen molar-refractivity contribution in [1.82, 2.24) is 0 Å². The van der Waals surface area contributed by atoms with Gasteiger partial charge in [0.25, 0.3) is 0 Å². The van der Waals surface area contributed by atoms with Gasteiger partial charge in [-0.25, -0.2) is 4.79 Å².